The van der Waals surface area contributed by atoms with Crippen LogP contribution in [0.15, 0.2) is 29.7 Å². The summed E-state index contributed by atoms with van der Waals surface area (Å²) in [5.41, 5.74) is 2.16. The van der Waals surface area contributed by atoms with Crippen LogP contribution in [0.4, 0.5) is 0 Å². The third-order valence-electron chi connectivity index (χ3n) is 1.69. The fraction of sp³-hybridized carbons (Fsp3) is 0. The Balaban J connectivity index is 2.30. The van der Waals surface area contributed by atoms with Gasteiger partial charge in [0.1, 0.15) is 22.4 Å². The van der Waals surface area contributed by atoms with Gasteiger partial charge in [-0.25, -0.2) is 0 Å². The van der Waals surface area contributed by atoms with Crippen LogP contribution < -0.4 is 3.71 Å². The first-order valence-electron chi connectivity index (χ1n) is 3.64. The number of nitrogens with one attached hydrogen (secondary N) is 1. The van der Waals surface area contributed by atoms with Crippen LogP contribution in [0.1, 0.15) is 5.56 Å². The Hall–Kier alpha value is -0.230. The van der Waals surface area contributed by atoms with Gasteiger partial charge in [-0.15, -0.1) is 0 Å². The van der Waals surface area contributed by atoms with Crippen molar-refractivity contribution in [2.45, 2.75) is 0 Å². The summed E-state index contributed by atoms with van der Waals surface area (Å²) in [5, 5.41) is 11.1. The van der Waals surface area contributed by atoms with Crippen molar-refractivity contribution < 1.29 is 8.82 Å². The van der Waals surface area contributed by atoms with Crippen LogP contribution >= 0.6 is 21.8 Å². The van der Waals surface area contributed by atoms with Crippen molar-refractivity contribution in [1.29, 1.82) is 0 Å². The van der Waals surface area contributed by atoms with Crippen molar-refractivity contribution in [2.24, 2.45) is 0 Å². The molecule has 0 fully saturated rings. The molecule has 0 saturated carbocycles. The Bertz CT molecular complexity index is 336. The number of rotatable bonds is 1. The number of hydrogen-bond acceptors (Lipinski definition) is 4. The Morgan fingerprint density at radius 2 is 1.92 bits per heavy atom. The largest absolute Gasteiger partial charge is 0.508 e. The summed E-state index contributed by atoms with van der Waals surface area (Å²) >= 11 is 5.17. The Kier molecular flexibility index (Phi) is 2.78. The van der Waals surface area contributed by atoms with Gasteiger partial charge >= 0.3 is 0 Å². The van der Waals surface area contributed by atoms with E-state index >= 15 is 0 Å². The standard InChI is InChI=1S/C8H7NOS3/c10-7-3-1-6(2-4-7)8-5-12-13-9(8)11/h1-5,9-10H. The lowest BCUT2D eigenvalue weighted by molar-refractivity contribution is -0.480. The molecule has 0 amide bonds. The lowest BCUT2D eigenvalue weighted by Gasteiger charge is -2.15. The van der Waals surface area contributed by atoms with E-state index in [4.69, 9.17) is 17.9 Å². The molecule has 5 heteroatoms. The SMILES string of the molecule is Oc1ccc(C2=CSS[NH+]2[S-])cc1. The molecular weight excluding hydrogens is 222 g/mol. The molecule has 1 aromatic carbocycles. The Morgan fingerprint density at radius 1 is 1.23 bits per heavy atom. The summed E-state index contributed by atoms with van der Waals surface area (Å²) in [6.07, 6.45) is 0. The van der Waals surface area contributed by atoms with Crippen LogP contribution in [0.2, 0.25) is 0 Å². The number of benzene rings is 1. The van der Waals surface area contributed by atoms with Crippen molar-refractivity contribution >= 4 is 40.3 Å². The van der Waals surface area contributed by atoms with E-state index in [0.29, 0.717) is 0 Å². The van der Waals surface area contributed by atoms with Gasteiger partial charge in [0.2, 0.25) is 0 Å². The molecule has 68 valence electrons. The van der Waals surface area contributed by atoms with Gasteiger partial charge in [0.05, 0.1) is 0 Å². The Morgan fingerprint density at radius 3 is 2.46 bits per heavy atom. The quantitative estimate of drug-likeness (QED) is 0.431. The maximum atomic E-state index is 9.10. The molecule has 1 heterocycles. The second-order valence-corrected chi connectivity index (χ2v) is 5.29. The molecule has 2 nitrogen and oxygen atoms in total. The van der Waals surface area contributed by atoms with Gasteiger partial charge in [0, 0.05) is 21.8 Å². The number of phenolic OH excluding ortho intramolecular Hbond substituents is 1. The van der Waals surface area contributed by atoms with E-state index in [1.807, 2.05) is 17.5 Å². The molecule has 0 bridgehead atoms. The summed E-state index contributed by atoms with van der Waals surface area (Å²) in [6.45, 7) is 0. The monoisotopic (exact) mass is 229 g/mol. The molecule has 0 aliphatic carbocycles. The van der Waals surface area contributed by atoms with E-state index in [1.54, 1.807) is 33.9 Å². The number of quaternary nitrogens is 1. The molecule has 0 spiro atoms. The lowest BCUT2D eigenvalue weighted by atomic mass is 10.2. The van der Waals surface area contributed by atoms with E-state index in [1.165, 1.54) is 0 Å². The highest BCUT2D eigenvalue weighted by Gasteiger charge is 2.16. The highest BCUT2D eigenvalue weighted by Crippen LogP contribution is 2.28. The summed E-state index contributed by atoms with van der Waals surface area (Å²) in [5.74, 6) is 0.286. The summed E-state index contributed by atoms with van der Waals surface area (Å²) in [4.78, 5) is 0. The van der Waals surface area contributed by atoms with Crippen molar-refractivity contribution in [2.75, 3.05) is 0 Å². The average Bonchev–Trinajstić information content (AvgIpc) is 2.53. The molecule has 2 N–H and O–H groups in total. The fourth-order valence-electron chi connectivity index (χ4n) is 1.04. The van der Waals surface area contributed by atoms with Crippen molar-refractivity contribution in [3.05, 3.63) is 35.2 Å². The normalized spacial score (nSPS) is 21.6. The fourth-order valence-corrected chi connectivity index (χ4v) is 3.43. The number of aromatic hydroxyl groups is 1. The number of phenols is 1. The van der Waals surface area contributed by atoms with Crippen LogP contribution in [-0.2, 0) is 12.8 Å². The zero-order valence-electron chi connectivity index (χ0n) is 6.56. The Labute approximate surface area is 90.1 Å². The van der Waals surface area contributed by atoms with Crippen molar-refractivity contribution in [3.63, 3.8) is 0 Å². The van der Waals surface area contributed by atoms with E-state index in [0.717, 1.165) is 15.0 Å². The summed E-state index contributed by atoms with van der Waals surface area (Å²) in [7, 11) is 3.24. The average molecular weight is 229 g/mol. The predicted octanol–water partition coefficient (Wildman–Crippen LogP) is 1.35. The van der Waals surface area contributed by atoms with Crippen LogP contribution in [-0.4, -0.2) is 5.11 Å². The summed E-state index contributed by atoms with van der Waals surface area (Å²) < 4.78 is 0.913. The molecule has 1 aromatic rings. The molecule has 0 radical (unpaired) electrons. The highest BCUT2D eigenvalue weighted by atomic mass is 33.1. The van der Waals surface area contributed by atoms with Crippen molar-refractivity contribution in [1.82, 2.24) is 0 Å². The molecule has 1 atom stereocenters. The van der Waals surface area contributed by atoms with Crippen LogP contribution in [0.25, 0.3) is 5.70 Å². The molecular formula is C8H7NOS3. The zero-order chi connectivity index (χ0) is 9.26. The molecule has 1 unspecified atom stereocenters. The van der Waals surface area contributed by atoms with Gasteiger partial charge in [-0.05, 0) is 24.3 Å². The van der Waals surface area contributed by atoms with Gasteiger partial charge in [0.15, 0.2) is 0 Å². The maximum Gasteiger partial charge on any atom is 0.140 e. The molecule has 0 saturated heterocycles. The lowest BCUT2D eigenvalue weighted by Crippen LogP contribution is -2.95. The smallest absolute Gasteiger partial charge is 0.140 e. The summed E-state index contributed by atoms with van der Waals surface area (Å²) in [6, 6.07) is 7.10. The third-order valence-corrected chi connectivity index (χ3v) is 4.35. The molecule has 0 aromatic heterocycles. The van der Waals surface area contributed by atoms with Gasteiger partial charge < -0.3 is 21.6 Å². The molecule has 1 aliphatic rings. The highest BCUT2D eigenvalue weighted by molar-refractivity contribution is 8.76. The first-order valence-corrected chi connectivity index (χ1v) is 6.27. The number of hydrogen-bond donors (Lipinski definition) is 2. The van der Waals surface area contributed by atoms with E-state index in [2.05, 4.69) is 0 Å². The van der Waals surface area contributed by atoms with Crippen LogP contribution in [0, 0.1) is 0 Å². The van der Waals surface area contributed by atoms with Crippen LogP contribution in [0.3, 0.4) is 0 Å². The first-order chi connectivity index (χ1) is 6.27. The maximum absolute atomic E-state index is 9.10. The minimum atomic E-state index is 0.286. The third kappa shape index (κ3) is 1.99. The molecule has 13 heavy (non-hydrogen) atoms. The predicted molar refractivity (Wildman–Crippen MR) is 59.6 cm³/mol. The van der Waals surface area contributed by atoms with Crippen LogP contribution in [0.5, 0.6) is 5.75 Å². The molecule has 2 rings (SSSR count). The topological polar surface area (TPSA) is 24.7 Å². The second-order valence-electron chi connectivity index (χ2n) is 2.55. The van der Waals surface area contributed by atoms with E-state index in [9.17, 15) is 0 Å². The molecule has 1 aliphatic heterocycles. The van der Waals surface area contributed by atoms with E-state index in [-0.39, 0.29) is 5.75 Å². The minimum Gasteiger partial charge on any atom is -0.508 e. The first kappa shape index (κ1) is 9.33. The minimum absolute atomic E-state index is 0.286. The van der Waals surface area contributed by atoms with Crippen molar-refractivity contribution in [3.8, 4) is 5.75 Å². The van der Waals surface area contributed by atoms with Gasteiger partial charge in [-0.2, -0.15) is 0 Å². The van der Waals surface area contributed by atoms with E-state index < -0.39 is 0 Å². The van der Waals surface area contributed by atoms with Gasteiger partial charge in [-0.3, -0.25) is 0 Å². The van der Waals surface area contributed by atoms with Gasteiger partial charge in [0.25, 0.3) is 0 Å². The van der Waals surface area contributed by atoms with Gasteiger partial charge in [-0.1, -0.05) is 0 Å². The zero-order valence-corrected chi connectivity index (χ0v) is 9.01. The second kappa shape index (κ2) is 3.88.